The number of hydrogen-bond acceptors (Lipinski definition) is 1. The SMILES string of the molecule is Cc1ccc2c(c1)-c1ccc(Cc3cccc(-c4ccc5oc6ccc(-n7c8ccccc8c8cc(-c9ccccc9)ccc87)cc6c5c4)c3)cc1C2. The molecule has 0 radical (unpaired) electrons. The molecule has 0 spiro atoms. The third-order valence-corrected chi connectivity index (χ3v) is 11.3. The molecule has 0 aliphatic heterocycles. The number of fused-ring (bicyclic) bond motifs is 9. The number of hydrogen-bond donors (Lipinski definition) is 0. The highest BCUT2D eigenvalue weighted by atomic mass is 16.3. The van der Waals surface area contributed by atoms with E-state index in [1.54, 1.807) is 0 Å². The van der Waals surface area contributed by atoms with Crippen LogP contribution in [0.5, 0.6) is 0 Å². The third-order valence-electron chi connectivity index (χ3n) is 11.3. The second-order valence-electron chi connectivity index (χ2n) is 14.7. The van der Waals surface area contributed by atoms with E-state index < -0.39 is 0 Å². The largest absolute Gasteiger partial charge is 0.456 e. The molecule has 1 aliphatic rings. The van der Waals surface area contributed by atoms with Crippen LogP contribution in [0.1, 0.15) is 27.8 Å². The van der Waals surface area contributed by atoms with Gasteiger partial charge in [0.15, 0.2) is 0 Å². The first-order chi connectivity index (χ1) is 26.1. The molecule has 11 rings (SSSR count). The van der Waals surface area contributed by atoms with Crippen LogP contribution < -0.4 is 0 Å². The van der Waals surface area contributed by atoms with Crippen molar-refractivity contribution in [3.63, 3.8) is 0 Å². The van der Waals surface area contributed by atoms with Crippen LogP contribution in [0.15, 0.2) is 174 Å². The number of para-hydroxylation sites is 1. The summed E-state index contributed by atoms with van der Waals surface area (Å²) in [6, 6.07) is 62.3. The first-order valence-corrected chi connectivity index (χ1v) is 18.5. The molecule has 2 heteroatoms. The van der Waals surface area contributed by atoms with Crippen LogP contribution in [0.25, 0.3) is 82.8 Å². The molecule has 0 atom stereocenters. The maximum atomic E-state index is 6.42. The molecule has 0 unspecified atom stereocenters. The number of aryl methyl sites for hydroxylation is 1. The average Bonchev–Trinajstić information content (AvgIpc) is 3.86. The molecule has 0 saturated carbocycles. The summed E-state index contributed by atoms with van der Waals surface area (Å²) < 4.78 is 8.81. The van der Waals surface area contributed by atoms with Gasteiger partial charge in [-0.1, -0.05) is 127 Å². The molecule has 0 amide bonds. The fraction of sp³-hybridized carbons (Fsp3) is 0.0588. The average molecular weight is 678 g/mol. The van der Waals surface area contributed by atoms with Gasteiger partial charge in [-0.05, 0) is 124 Å². The summed E-state index contributed by atoms with van der Waals surface area (Å²) in [5.41, 5.74) is 19.8. The minimum Gasteiger partial charge on any atom is -0.456 e. The first-order valence-electron chi connectivity index (χ1n) is 18.5. The van der Waals surface area contributed by atoms with Crippen molar-refractivity contribution in [2.45, 2.75) is 19.8 Å². The standard InChI is InChI=1S/C51H35NO/c1-32-14-16-39-28-40-27-34(15-20-42(40)44(39)24-32)25-33-8-7-11-36(26-33)38-18-22-50-46(30-38)47-31-41(19-23-51(47)53-50)52-48-13-6-5-12-43(48)45-29-37(17-21-49(45)52)35-9-3-2-4-10-35/h2-24,26-27,29-31H,25,28H2,1H3. The second kappa shape index (κ2) is 11.7. The Kier molecular flexibility index (Phi) is 6.63. The molecule has 2 aromatic heterocycles. The Morgan fingerprint density at radius 1 is 0.453 bits per heavy atom. The maximum absolute atomic E-state index is 6.42. The Labute approximate surface area is 308 Å². The van der Waals surface area contributed by atoms with Crippen molar-refractivity contribution in [2.24, 2.45) is 0 Å². The molecule has 250 valence electrons. The Hall–Kier alpha value is -6.64. The normalized spacial score (nSPS) is 12.2. The van der Waals surface area contributed by atoms with Crippen molar-refractivity contribution in [3.8, 4) is 39.1 Å². The van der Waals surface area contributed by atoms with E-state index in [4.69, 9.17) is 4.42 Å². The van der Waals surface area contributed by atoms with Crippen molar-refractivity contribution in [3.05, 3.63) is 198 Å². The zero-order valence-electron chi connectivity index (χ0n) is 29.4. The minimum atomic E-state index is 0.899. The summed E-state index contributed by atoms with van der Waals surface area (Å²) >= 11 is 0. The van der Waals surface area contributed by atoms with Gasteiger partial charge in [-0.2, -0.15) is 0 Å². The number of rotatable bonds is 5. The summed E-state index contributed by atoms with van der Waals surface area (Å²) in [4.78, 5) is 0. The van der Waals surface area contributed by atoms with Gasteiger partial charge in [-0.15, -0.1) is 0 Å². The predicted octanol–water partition coefficient (Wildman–Crippen LogP) is 13.5. The smallest absolute Gasteiger partial charge is 0.135 e. The molecule has 2 nitrogen and oxygen atoms in total. The van der Waals surface area contributed by atoms with Crippen LogP contribution in [0.2, 0.25) is 0 Å². The molecule has 10 aromatic rings. The summed E-state index contributed by atoms with van der Waals surface area (Å²) in [6.07, 6.45) is 1.92. The van der Waals surface area contributed by atoms with E-state index in [0.29, 0.717) is 0 Å². The van der Waals surface area contributed by atoms with Gasteiger partial charge < -0.3 is 8.98 Å². The van der Waals surface area contributed by atoms with E-state index in [1.807, 2.05) is 0 Å². The van der Waals surface area contributed by atoms with Crippen molar-refractivity contribution >= 4 is 43.7 Å². The maximum Gasteiger partial charge on any atom is 0.135 e. The lowest BCUT2D eigenvalue weighted by Crippen LogP contribution is -1.93. The van der Waals surface area contributed by atoms with Crippen LogP contribution in [0.3, 0.4) is 0 Å². The van der Waals surface area contributed by atoms with Gasteiger partial charge >= 0.3 is 0 Å². The Bertz CT molecular complexity index is 3070. The van der Waals surface area contributed by atoms with Gasteiger partial charge in [0.05, 0.1) is 11.0 Å². The van der Waals surface area contributed by atoms with Crippen LogP contribution in [0, 0.1) is 6.92 Å². The van der Waals surface area contributed by atoms with Gasteiger partial charge in [0.2, 0.25) is 0 Å². The summed E-state index contributed by atoms with van der Waals surface area (Å²) in [6.45, 7) is 2.18. The van der Waals surface area contributed by atoms with Crippen LogP contribution in [-0.2, 0) is 12.8 Å². The van der Waals surface area contributed by atoms with Gasteiger partial charge in [0, 0.05) is 27.2 Å². The van der Waals surface area contributed by atoms with Crippen LogP contribution in [-0.4, -0.2) is 4.57 Å². The molecule has 53 heavy (non-hydrogen) atoms. The molecule has 2 heterocycles. The number of furan rings is 1. The summed E-state index contributed by atoms with van der Waals surface area (Å²) in [7, 11) is 0. The fourth-order valence-corrected chi connectivity index (χ4v) is 8.71. The lowest BCUT2D eigenvalue weighted by molar-refractivity contribution is 0.669. The van der Waals surface area contributed by atoms with Crippen molar-refractivity contribution < 1.29 is 4.42 Å². The zero-order chi connectivity index (χ0) is 35.0. The lowest BCUT2D eigenvalue weighted by atomic mass is 9.96. The van der Waals surface area contributed by atoms with E-state index in [0.717, 1.165) is 40.5 Å². The molecular weight excluding hydrogens is 643 g/mol. The molecule has 0 bridgehead atoms. The Morgan fingerprint density at radius 3 is 2.09 bits per heavy atom. The summed E-state index contributed by atoms with van der Waals surface area (Å²) in [5.74, 6) is 0. The zero-order valence-corrected chi connectivity index (χ0v) is 29.4. The molecule has 0 saturated heterocycles. The molecular formula is C51H35NO. The van der Waals surface area contributed by atoms with Crippen LogP contribution in [0.4, 0.5) is 0 Å². The molecule has 1 aliphatic carbocycles. The van der Waals surface area contributed by atoms with E-state index >= 15 is 0 Å². The van der Waals surface area contributed by atoms with Gasteiger partial charge in [-0.25, -0.2) is 0 Å². The van der Waals surface area contributed by atoms with Gasteiger partial charge in [0.1, 0.15) is 11.2 Å². The fourth-order valence-electron chi connectivity index (χ4n) is 8.71. The van der Waals surface area contributed by atoms with Crippen molar-refractivity contribution in [2.75, 3.05) is 0 Å². The Morgan fingerprint density at radius 2 is 1.17 bits per heavy atom. The number of nitrogens with zero attached hydrogens (tertiary/aromatic N) is 1. The highest BCUT2D eigenvalue weighted by molar-refractivity contribution is 6.12. The van der Waals surface area contributed by atoms with Crippen molar-refractivity contribution in [1.82, 2.24) is 4.57 Å². The first kappa shape index (κ1) is 30.0. The van der Waals surface area contributed by atoms with E-state index in [9.17, 15) is 0 Å². The highest BCUT2D eigenvalue weighted by Crippen LogP contribution is 2.40. The second-order valence-corrected chi connectivity index (χ2v) is 14.7. The quantitative estimate of drug-likeness (QED) is 0.177. The highest BCUT2D eigenvalue weighted by Gasteiger charge is 2.19. The van der Waals surface area contributed by atoms with Crippen molar-refractivity contribution in [1.29, 1.82) is 0 Å². The minimum absolute atomic E-state index is 0.899. The molecule has 0 N–H and O–H groups in total. The van der Waals surface area contributed by atoms with E-state index in [1.165, 1.54) is 83.0 Å². The summed E-state index contributed by atoms with van der Waals surface area (Å²) in [5, 5.41) is 4.75. The number of aromatic nitrogens is 1. The van der Waals surface area contributed by atoms with Crippen LogP contribution >= 0.6 is 0 Å². The number of benzene rings is 8. The van der Waals surface area contributed by atoms with Gasteiger partial charge in [-0.3, -0.25) is 0 Å². The molecule has 0 fully saturated rings. The monoisotopic (exact) mass is 677 g/mol. The van der Waals surface area contributed by atoms with E-state index in [-0.39, 0.29) is 0 Å². The predicted molar refractivity (Wildman–Crippen MR) is 221 cm³/mol. The van der Waals surface area contributed by atoms with Gasteiger partial charge in [0.25, 0.3) is 0 Å². The van der Waals surface area contributed by atoms with E-state index in [2.05, 4.69) is 181 Å². The topological polar surface area (TPSA) is 18.1 Å². The molecule has 8 aromatic carbocycles. The third kappa shape index (κ3) is 4.94. The Balaban J connectivity index is 0.959. The lowest BCUT2D eigenvalue weighted by Gasteiger charge is -2.09.